The molecule has 0 bridgehead atoms. The Hall–Kier alpha value is -2.66. The molecule has 2 amide bonds. The van der Waals surface area contributed by atoms with Crippen molar-refractivity contribution >= 4 is 11.8 Å². The van der Waals surface area contributed by atoms with Crippen LogP contribution in [0.2, 0.25) is 0 Å². The highest BCUT2D eigenvalue weighted by atomic mass is 16.2. The average molecular weight is 365 g/mol. The van der Waals surface area contributed by atoms with Crippen LogP contribution in [-0.4, -0.2) is 42.4 Å². The molecule has 0 spiro atoms. The van der Waals surface area contributed by atoms with E-state index in [0.717, 1.165) is 31.6 Å². The van der Waals surface area contributed by atoms with Gasteiger partial charge >= 0.3 is 0 Å². The number of nitrogens with zero attached hydrogens (tertiary/aromatic N) is 1. The van der Waals surface area contributed by atoms with Gasteiger partial charge in [0.25, 0.3) is 5.91 Å². The second-order valence-corrected chi connectivity index (χ2v) is 7.09. The van der Waals surface area contributed by atoms with E-state index in [1.54, 1.807) is 6.07 Å². The Morgan fingerprint density at radius 3 is 2.59 bits per heavy atom. The Balaban J connectivity index is 1.36. The molecule has 0 aromatic heterocycles. The number of carbonyl (C=O) groups is 2. The molecule has 1 unspecified atom stereocenters. The molecule has 5 nitrogen and oxygen atoms in total. The minimum Gasteiger partial charge on any atom is -0.352 e. The van der Waals surface area contributed by atoms with Gasteiger partial charge in [0, 0.05) is 44.2 Å². The van der Waals surface area contributed by atoms with Crippen LogP contribution < -0.4 is 10.6 Å². The van der Waals surface area contributed by atoms with Crippen LogP contribution in [0, 0.1) is 6.92 Å². The summed E-state index contributed by atoms with van der Waals surface area (Å²) >= 11 is 0. The molecule has 3 rings (SSSR count). The molecule has 2 aromatic rings. The number of benzene rings is 2. The van der Waals surface area contributed by atoms with Crippen molar-refractivity contribution < 1.29 is 9.59 Å². The third kappa shape index (κ3) is 5.66. The van der Waals surface area contributed by atoms with E-state index in [9.17, 15) is 9.59 Å². The molecule has 1 saturated heterocycles. The molecule has 1 aliphatic heterocycles. The minimum absolute atomic E-state index is 0.00774. The molecule has 5 heteroatoms. The maximum Gasteiger partial charge on any atom is 0.251 e. The summed E-state index contributed by atoms with van der Waals surface area (Å²) in [6.07, 6.45) is 1.26. The maximum atomic E-state index is 12.2. The van der Waals surface area contributed by atoms with Gasteiger partial charge in [-0.2, -0.15) is 0 Å². The van der Waals surface area contributed by atoms with Crippen molar-refractivity contribution in [3.63, 3.8) is 0 Å². The van der Waals surface area contributed by atoms with Gasteiger partial charge in [-0.1, -0.05) is 48.5 Å². The molecule has 1 fully saturated rings. The van der Waals surface area contributed by atoms with Crippen LogP contribution >= 0.6 is 0 Å². The van der Waals surface area contributed by atoms with Crippen molar-refractivity contribution in [3.05, 3.63) is 71.3 Å². The van der Waals surface area contributed by atoms with Crippen molar-refractivity contribution in [2.24, 2.45) is 0 Å². The van der Waals surface area contributed by atoms with Crippen LogP contribution in [0.15, 0.2) is 54.6 Å². The average Bonchev–Trinajstić information content (AvgIpc) is 3.09. The highest BCUT2D eigenvalue weighted by molar-refractivity contribution is 5.95. The minimum atomic E-state index is -0.129. The van der Waals surface area contributed by atoms with Crippen molar-refractivity contribution in [3.8, 4) is 0 Å². The zero-order valence-electron chi connectivity index (χ0n) is 15.8. The molecule has 0 saturated carbocycles. The van der Waals surface area contributed by atoms with E-state index in [1.165, 1.54) is 5.56 Å². The first-order valence-electron chi connectivity index (χ1n) is 9.51. The summed E-state index contributed by atoms with van der Waals surface area (Å²) in [5, 5.41) is 5.91. The van der Waals surface area contributed by atoms with Crippen molar-refractivity contribution in [1.29, 1.82) is 0 Å². The van der Waals surface area contributed by atoms with Crippen molar-refractivity contribution in [1.82, 2.24) is 15.5 Å². The van der Waals surface area contributed by atoms with Crippen molar-refractivity contribution in [2.45, 2.75) is 32.4 Å². The summed E-state index contributed by atoms with van der Waals surface area (Å²) in [5.41, 5.74) is 2.89. The van der Waals surface area contributed by atoms with Crippen LogP contribution in [-0.2, 0) is 11.3 Å². The van der Waals surface area contributed by atoms with Crippen LogP contribution in [0.4, 0.5) is 0 Å². The lowest BCUT2D eigenvalue weighted by Crippen LogP contribution is -2.38. The fourth-order valence-corrected chi connectivity index (χ4v) is 3.45. The Bertz CT molecular complexity index is 776. The lowest BCUT2D eigenvalue weighted by Gasteiger charge is -2.17. The summed E-state index contributed by atoms with van der Waals surface area (Å²) < 4.78 is 0. The van der Waals surface area contributed by atoms with Gasteiger partial charge in [0.15, 0.2) is 0 Å². The van der Waals surface area contributed by atoms with E-state index in [0.29, 0.717) is 18.5 Å². The normalized spacial score (nSPS) is 16.9. The van der Waals surface area contributed by atoms with Crippen LogP contribution in [0.5, 0.6) is 0 Å². The fourth-order valence-electron chi connectivity index (χ4n) is 3.45. The number of hydrogen-bond acceptors (Lipinski definition) is 3. The predicted octanol–water partition coefficient (Wildman–Crippen LogP) is 2.51. The summed E-state index contributed by atoms with van der Waals surface area (Å²) in [6, 6.07) is 18.0. The molecule has 1 heterocycles. The first-order valence-corrected chi connectivity index (χ1v) is 9.51. The molecular weight excluding hydrogens is 338 g/mol. The van der Waals surface area contributed by atoms with Gasteiger partial charge in [-0.05, 0) is 30.5 Å². The third-order valence-corrected chi connectivity index (χ3v) is 4.91. The molecule has 27 heavy (non-hydrogen) atoms. The molecule has 2 N–H and O–H groups in total. The van der Waals surface area contributed by atoms with E-state index < -0.39 is 0 Å². The van der Waals surface area contributed by atoms with Crippen LogP contribution in [0.1, 0.15) is 34.3 Å². The van der Waals surface area contributed by atoms with Gasteiger partial charge < -0.3 is 10.6 Å². The Morgan fingerprint density at radius 1 is 1.07 bits per heavy atom. The number of hydrogen-bond donors (Lipinski definition) is 2. The fraction of sp³-hybridized carbons (Fsp3) is 0.364. The predicted molar refractivity (Wildman–Crippen MR) is 106 cm³/mol. The standard InChI is InChI=1S/C22H27N3O2/c1-17-7-5-6-10-20(17)22(27)23-13-11-21(26)24-19-12-14-25(16-19)15-18-8-3-2-4-9-18/h2-10,19H,11-16H2,1H3,(H,23,27)(H,24,26). The lowest BCUT2D eigenvalue weighted by molar-refractivity contribution is -0.121. The number of likely N-dealkylation sites (tertiary alicyclic amines) is 1. The maximum absolute atomic E-state index is 12.2. The smallest absolute Gasteiger partial charge is 0.251 e. The molecule has 1 aliphatic rings. The molecule has 142 valence electrons. The molecule has 0 radical (unpaired) electrons. The van der Waals surface area contributed by atoms with E-state index in [-0.39, 0.29) is 17.9 Å². The Kier molecular flexibility index (Phi) is 6.60. The number of nitrogens with one attached hydrogen (secondary N) is 2. The Labute approximate surface area is 160 Å². The van der Waals surface area contributed by atoms with Gasteiger partial charge in [-0.3, -0.25) is 14.5 Å². The highest BCUT2D eigenvalue weighted by Crippen LogP contribution is 2.13. The van der Waals surface area contributed by atoms with Gasteiger partial charge in [0.05, 0.1) is 0 Å². The van der Waals surface area contributed by atoms with Crippen molar-refractivity contribution in [2.75, 3.05) is 19.6 Å². The second kappa shape index (κ2) is 9.33. The quantitative estimate of drug-likeness (QED) is 0.793. The zero-order chi connectivity index (χ0) is 19.1. The SMILES string of the molecule is Cc1ccccc1C(=O)NCCC(=O)NC1CCN(Cc2ccccc2)C1. The number of aryl methyl sites for hydroxylation is 1. The third-order valence-electron chi connectivity index (χ3n) is 4.91. The first kappa shape index (κ1) is 19.1. The molecule has 1 atom stereocenters. The van der Waals surface area contributed by atoms with Gasteiger partial charge in [0.1, 0.15) is 0 Å². The molecule has 0 aliphatic carbocycles. The molecular formula is C22H27N3O2. The van der Waals surface area contributed by atoms with Gasteiger partial charge in [-0.15, -0.1) is 0 Å². The number of amides is 2. The monoisotopic (exact) mass is 365 g/mol. The lowest BCUT2D eigenvalue weighted by atomic mass is 10.1. The largest absolute Gasteiger partial charge is 0.352 e. The summed E-state index contributed by atoms with van der Waals surface area (Å²) in [7, 11) is 0. The second-order valence-electron chi connectivity index (χ2n) is 7.09. The Morgan fingerprint density at radius 2 is 1.81 bits per heavy atom. The first-order chi connectivity index (χ1) is 13.1. The number of carbonyl (C=O) groups excluding carboxylic acids is 2. The highest BCUT2D eigenvalue weighted by Gasteiger charge is 2.23. The summed E-state index contributed by atoms with van der Waals surface area (Å²) in [5.74, 6) is -0.137. The summed E-state index contributed by atoms with van der Waals surface area (Å²) in [4.78, 5) is 26.7. The van der Waals surface area contributed by atoms with E-state index in [1.807, 2.05) is 31.2 Å². The van der Waals surface area contributed by atoms with Crippen LogP contribution in [0.25, 0.3) is 0 Å². The van der Waals surface area contributed by atoms with Crippen LogP contribution in [0.3, 0.4) is 0 Å². The van der Waals surface area contributed by atoms with E-state index in [4.69, 9.17) is 0 Å². The topological polar surface area (TPSA) is 61.4 Å². The zero-order valence-corrected chi connectivity index (χ0v) is 15.8. The van der Waals surface area contributed by atoms with Gasteiger partial charge in [-0.25, -0.2) is 0 Å². The van der Waals surface area contributed by atoms with E-state index >= 15 is 0 Å². The van der Waals surface area contributed by atoms with Gasteiger partial charge in [0.2, 0.25) is 5.91 Å². The summed E-state index contributed by atoms with van der Waals surface area (Å²) in [6.45, 7) is 5.03. The van der Waals surface area contributed by atoms with E-state index in [2.05, 4.69) is 39.8 Å². The number of rotatable bonds is 7. The molecule has 2 aromatic carbocycles.